The van der Waals surface area contributed by atoms with E-state index < -0.39 is 0 Å². The summed E-state index contributed by atoms with van der Waals surface area (Å²) in [6.07, 6.45) is 2.87. The molecule has 2 atom stereocenters. The van der Waals surface area contributed by atoms with Crippen LogP contribution in [0.15, 0.2) is 43.0 Å². The maximum Gasteiger partial charge on any atom is 0.249 e. The highest BCUT2D eigenvalue weighted by molar-refractivity contribution is 5.80. The van der Waals surface area contributed by atoms with Crippen molar-refractivity contribution in [2.75, 3.05) is 26.2 Å². The van der Waals surface area contributed by atoms with Gasteiger partial charge in [-0.2, -0.15) is 0 Å². The number of carbonyl (C=O) groups excluding carboxylic acids is 2. The molecule has 2 saturated heterocycles. The second kappa shape index (κ2) is 6.96. The number of likely N-dealkylation sites (tertiary alicyclic amines) is 1. The lowest BCUT2D eigenvalue weighted by Gasteiger charge is -2.35. The molecule has 2 amide bonds. The van der Waals surface area contributed by atoms with E-state index >= 15 is 0 Å². The lowest BCUT2D eigenvalue weighted by molar-refractivity contribution is -0.151. The number of nitrogens with zero attached hydrogens (tertiary/aromatic N) is 2. The van der Waals surface area contributed by atoms with Gasteiger partial charge in [0.15, 0.2) is 0 Å². The van der Waals surface area contributed by atoms with Gasteiger partial charge in [-0.25, -0.2) is 0 Å². The monoisotopic (exact) mass is 314 g/mol. The first-order chi connectivity index (χ1) is 11.2. The molecule has 5 heteroatoms. The molecular formula is C18H22N2O3. The van der Waals surface area contributed by atoms with Crippen LogP contribution in [0.5, 0.6) is 0 Å². The van der Waals surface area contributed by atoms with Gasteiger partial charge in [0.1, 0.15) is 6.61 Å². The summed E-state index contributed by atoms with van der Waals surface area (Å²) in [5.74, 6) is 0.0996. The van der Waals surface area contributed by atoms with Gasteiger partial charge in [0.2, 0.25) is 11.8 Å². The van der Waals surface area contributed by atoms with E-state index in [4.69, 9.17) is 4.74 Å². The number of rotatable bonds is 5. The summed E-state index contributed by atoms with van der Waals surface area (Å²) in [6.45, 7) is 5.44. The van der Waals surface area contributed by atoms with Crippen LogP contribution in [0.1, 0.15) is 12.0 Å². The maximum absolute atomic E-state index is 12.5. The molecule has 0 aliphatic carbocycles. The number of fused-ring (bicyclic) bond motifs is 1. The molecule has 3 rings (SSSR count). The summed E-state index contributed by atoms with van der Waals surface area (Å²) in [7, 11) is 0. The highest BCUT2D eigenvalue weighted by atomic mass is 16.5. The molecule has 0 aromatic heterocycles. The largest absolute Gasteiger partial charge is 0.364 e. The molecular weight excluding hydrogens is 292 g/mol. The molecule has 23 heavy (non-hydrogen) atoms. The molecule has 0 spiro atoms. The fraction of sp³-hybridized carbons (Fsp3) is 0.444. The first-order valence-corrected chi connectivity index (χ1v) is 8.02. The quantitative estimate of drug-likeness (QED) is 0.769. The van der Waals surface area contributed by atoms with Crippen molar-refractivity contribution in [3.8, 4) is 0 Å². The van der Waals surface area contributed by atoms with Crippen LogP contribution in [0, 0.1) is 0 Å². The zero-order chi connectivity index (χ0) is 16.2. The van der Waals surface area contributed by atoms with Gasteiger partial charge in [-0.1, -0.05) is 36.4 Å². The summed E-state index contributed by atoms with van der Waals surface area (Å²) >= 11 is 0. The predicted molar refractivity (Wildman–Crippen MR) is 86.8 cm³/mol. The molecule has 0 unspecified atom stereocenters. The molecule has 5 nitrogen and oxygen atoms in total. The predicted octanol–water partition coefficient (Wildman–Crippen LogP) is 1.24. The minimum Gasteiger partial charge on any atom is -0.364 e. The van der Waals surface area contributed by atoms with Gasteiger partial charge >= 0.3 is 0 Å². The van der Waals surface area contributed by atoms with Gasteiger partial charge < -0.3 is 14.5 Å². The Labute approximate surface area is 136 Å². The number of ether oxygens (including phenoxy) is 1. The SMILES string of the molecule is C=CCN1C(=O)CO[C@@H]2CN(C(=O)CCc3ccccc3)C[C@@H]21. The van der Waals surface area contributed by atoms with Crippen LogP contribution in [0.4, 0.5) is 0 Å². The molecule has 0 bridgehead atoms. The molecule has 2 aliphatic heterocycles. The zero-order valence-electron chi connectivity index (χ0n) is 13.2. The maximum atomic E-state index is 12.5. The van der Waals surface area contributed by atoms with E-state index in [1.54, 1.807) is 11.0 Å². The molecule has 2 fully saturated rings. The summed E-state index contributed by atoms with van der Waals surface area (Å²) in [6, 6.07) is 9.96. The molecule has 1 aromatic rings. The Morgan fingerprint density at radius 2 is 2.09 bits per heavy atom. The molecule has 122 valence electrons. The van der Waals surface area contributed by atoms with Crippen LogP contribution in [-0.4, -0.2) is 60.0 Å². The zero-order valence-corrected chi connectivity index (χ0v) is 13.2. The van der Waals surface area contributed by atoms with Gasteiger partial charge in [0, 0.05) is 26.1 Å². The Bertz CT molecular complexity index is 587. The van der Waals surface area contributed by atoms with Gasteiger partial charge in [0.25, 0.3) is 0 Å². The lowest BCUT2D eigenvalue weighted by atomic mass is 10.1. The highest BCUT2D eigenvalue weighted by Gasteiger charge is 2.43. The Kier molecular flexibility index (Phi) is 4.76. The van der Waals surface area contributed by atoms with Gasteiger partial charge in [-0.3, -0.25) is 9.59 Å². The first kappa shape index (κ1) is 15.7. The van der Waals surface area contributed by atoms with Crippen LogP contribution in [0.3, 0.4) is 0 Å². The average molecular weight is 314 g/mol. The van der Waals surface area contributed by atoms with Gasteiger partial charge in [-0.05, 0) is 12.0 Å². The van der Waals surface area contributed by atoms with E-state index in [-0.39, 0.29) is 30.6 Å². The minimum absolute atomic E-state index is 0.0234. The molecule has 2 heterocycles. The second-order valence-electron chi connectivity index (χ2n) is 6.04. The highest BCUT2D eigenvalue weighted by Crippen LogP contribution is 2.24. The summed E-state index contributed by atoms with van der Waals surface area (Å²) in [4.78, 5) is 28.0. The van der Waals surface area contributed by atoms with Crippen LogP contribution in [0.25, 0.3) is 0 Å². The van der Waals surface area contributed by atoms with Crippen LogP contribution < -0.4 is 0 Å². The van der Waals surface area contributed by atoms with Crippen molar-refractivity contribution < 1.29 is 14.3 Å². The third kappa shape index (κ3) is 3.45. The van der Waals surface area contributed by atoms with Crippen LogP contribution >= 0.6 is 0 Å². The van der Waals surface area contributed by atoms with Gasteiger partial charge in [0.05, 0.1) is 12.1 Å². The van der Waals surface area contributed by atoms with Crippen molar-refractivity contribution in [3.05, 3.63) is 48.6 Å². The normalized spacial score (nSPS) is 23.7. The third-order valence-corrected chi connectivity index (χ3v) is 4.53. The summed E-state index contributed by atoms with van der Waals surface area (Å²) in [5, 5.41) is 0. The Morgan fingerprint density at radius 1 is 1.30 bits per heavy atom. The molecule has 0 N–H and O–H groups in total. The van der Waals surface area contributed by atoms with E-state index in [0.29, 0.717) is 26.1 Å². The van der Waals surface area contributed by atoms with Crippen molar-refractivity contribution in [1.82, 2.24) is 9.80 Å². The number of benzene rings is 1. The van der Waals surface area contributed by atoms with Crippen molar-refractivity contribution in [1.29, 1.82) is 0 Å². The van der Waals surface area contributed by atoms with Crippen LogP contribution in [0.2, 0.25) is 0 Å². The van der Waals surface area contributed by atoms with E-state index in [9.17, 15) is 9.59 Å². The van der Waals surface area contributed by atoms with Crippen LogP contribution in [-0.2, 0) is 20.7 Å². The number of hydrogen-bond donors (Lipinski definition) is 0. The summed E-state index contributed by atoms with van der Waals surface area (Å²) in [5.41, 5.74) is 1.16. The number of hydrogen-bond acceptors (Lipinski definition) is 3. The Morgan fingerprint density at radius 3 is 2.83 bits per heavy atom. The fourth-order valence-electron chi connectivity index (χ4n) is 3.30. The summed E-state index contributed by atoms with van der Waals surface area (Å²) < 4.78 is 5.61. The average Bonchev–Trinajstić information content (AvgIpc) is 3.01. The number of aryl methyl sites for hydroxylation is 1. The van der Waals surface area contributed by atoms with E-state index in [1.807, 2.05) is 35.2 Å². The van der Waals surface area contributed by atoms with E-state index in [0.717, 1.165) is 12.0 Å². The molecule has 2 aliphatic rings. The molecule has 0 radical (unpaired) electrons. The third-order valence-electron chi connectivity index (χ3n) is 4.53. The Hall–Kier alpha value is -2.14. The topological polar surface area (TPSA) is 49.9 Å². The number of amides is 2. The van der Waals surface area contributed by atoms with Crippen molar-refractivity contribution in [2.24, 2.45) is 0 Å². The van der Waals surface area contributed by atoms with Crippen molar-refractivity contribution in [3.63, 3.8) is 0 Å². The number of morpholine rings is 1. The lowest BCUT2D eigenvalue weighted by Crippen LogP contribution is -2.53. The number of carbonyl (C=O) groups is 2. The second-order valence-corrected chi connectivity index (χ2v) is 6.04. The van der Waals surface area contributed by atoms with E-state index in [1.165, 1.54) is 0 Å². The first-order valence-electron chi connectivity index (χ1n) is 8.02. The standard InChI is InChI=1S/C18H22N2O3/c1-2-10-20-15-11-19(12-16(15)23-13-18(20)22)17(21)9-8-14-6-4-3-5-7-14/h2-7,15-16H,1,8-13H2/t15-,16+/m0/s1. The van der Waals surface area contributed by atoms with Gasteiger partial charge in [-0.15, -0.1) is 6.58 Å². The minimum atomic E-state index is -0.0756. The molecule has 0 saturated carbocycles. The smallest absolute Gasteiger partial charge is 0.249 e. The molecule has 1 aromatic carbocycles. The van der Waals surface area contributed by atoms with Crippen molar-refractivity contribution >= 4 is 11.8 Å². The fourth-order valence-corrected chi connectivity index (χ4v) is 3.30. The van der Waals surface area contributed by atoms with E-state index in [2.05, 4.69) is 6.58 Å². The Balaban J connectivity index is 1.58. The van der Waals surface area contributed by atoms with Crippen molar-refractivity contribution in [2.45, 2.75) is 25.0 Å².